The Bertz CT molecular complexity index is 433. The van der Waals surface area contributed by atoms with Crippen LogP contribution in [0.5, 0.6) is 0 Å². The number of hydrogen-bond acceptors (Lipinski definition) is 4. The van der Waals surface area contributed by atoms with Crippen LogP contribution in [0.2, 0.25) is 0 Å². The van der Waals surface area contributed by atoms with Crippen LogP contribution in [0.15, 0.2) is 0 Å². The zero-order chi connectivity index (χ0) is 22.3. The molecule has 0 amide bonds. The summed E-state index contributed by atoms with van der Waals surface area (Å²) in [5.41, 5.74) is 6.48. The molecule has 0 radical (unpaired) electrons. The SMILES string of the molecule is CCCC[P+](CCCC)(CCCC)CCCC(N)CCC1(CCC(=O)O)OCCO1. The fraction of sp³-hybridized carbons (Fsp3) is 0.958. The van der Waals surface area contributed by atoms with Crippen molar-refractivity contribution in [3.05, 3.63) is 0 Å². The first kappa shape index (κ1) is 27.8. The van der Waals surface area contributed by atoms with Gasteiger partial charge in [0.15, 0.2) is 5.79 Å². The average molecular weight is 447 g/mol. The molecule has 30 heavy (non-hydrogen) atoms. The third-order valence-electron chi connectivity index (χ3n) is 6.59. The highest BCUT2D eigenvalue weighted by Gasteiger charge is 2.37. The molecule has 6 heteroatoms. The van der Waals surface area contributed by atoms with Crippen molar-refractivity contribution < 1.29 is 19.4 Å². The van der Waals surface area contributed by atoms with E-state index in [1.807, 2.05) is 0 Å². The van der Waals surface area contributed by atoms with E-state index in [1.165, 1.54) is 69.6 Å². The largest absolute Gasteiger partial charge is 0.481 e. The molecule has 0 aromatic heterocycles. The molecule has 0 aliphatic carbocycles. The third-order valence-corrected chi connectivity index (χ3v) is 11.7. The number of nitrogens with two attached hydrogens (primary N) is 1. The minimum Gasteiger partial charge on any atom is -0.481 e. The van der Waals surface area contributed by atoms with E-state index in [-0.39, 0.29) is 12.5 Å². The van der Waals surface area contributed by atoms with E-state index >= 15 is 0 Å². The van der Waals surface area contributed by atoms with E-state index < -0.39 is 19.0 Å². The second kappa shape index (κ2) is 15.6. The molecule has 0 spiro atoms. The molecule has 1 aliphatic heterocycles. The maximum atomic E-state index is 11.0. The van der Waals surface area contributed by atoms with Crippen molar-refractivity contribution in [2.24, 2.45) is 5.73 Å². The Balaban J connectivity index is 2.51. The van der Waals surface area contributed by atoms with Gasteiger partial charge in [0.05, 0.1) is 44.3 Å². The summed E-state index contributed by atoms with van der Waals surface area (Å²) in [6.45, 7) is 8.05. The van der Waals surface area contributed by atoms with E-state index in [9.17, 15) is 4.79 Å². The number of carboxylic acid groups (broad SMARTS) is 1. The Morgan fingerprint density at radius 1 is 0.900 bits per heavy atom. The van der Waals surface area contributed by atoms with Crippen LogP contribution in [0.3, 0.4) is 0 Å². The summed E-state index contributed by atoms with van der Waals surface area (Å²) >= 11 is 0. The van der Waals surface area contributed by atoms with Crippen LogP contribution in [0.1, 0.15) is 97.8 Å². The van der Waals surface area contributed by atoms with Gasteiger partial charge >= 0.3 is 5.97 Å². The van der Waals surface area contributed by atoms with Gasteiger partial charge in [-0.3, -0.25) is 4.79 Å². The molecule has 1 fully saturated rings. The number of aliphatic carboxylic acids is 1. The van der Waals surface area contributed by atoms with Gasteiger partial charge in [-0.15, -0.1) is 0 Å². The molecule has 0 bridgehead atoms. The maximum absolute atomic E-state index is 11.0. The predicted molar refractivity (Wildman–Crippen MR) is 129 cm³/mol. The number of carbonyl (C=O) groups is 1. The number of hydrogen-bond donors (Lipinski definition) is 2. The van der Waals surface area contributed by atoms with Gasteiger partial charge in [-0.1, -0.05) is 40.0 Å². The van der Waals surface area contributed by atoms with E-state index in [0.717, 1.165) is 12.8 Å². The van der Waals surface area contributed by atoms with Crippen LogP contribution < -0.4 is 5.73 Å². The zero-order valence-electron chi connectivity index (χ0n) is 20.0. The van der Waals surface area contributed by atoms with Gasteiger partial charge in [-0.25, -0.2) is 0 Å². The van der Waals surface area contributed by atoms with Crippen molar-refractivity contribution in [3.63, 3.8) is 0 Å². The van der Waals surface area contributed by atoms with Gasteiger partial charge in [0.25, 0.3) is 0 Å². The number of ether oxygens (including phenoxy) is 2. The lowest BCUT2D eigenvalue weighted by molar-refractivity contribution is -0.173. The first-order chi connectivity index (χ1) is 14.4. The van der Waals surface area contributed by atoms with Gasteiger partial charge < -0.3 is 20.3 Å². The van der Waals surface area contributed by atoms with Gasteiger partial charge in [0.1, 0.15) is 0 Å². The monoisotopic (exact) mass is 446 g/mol. The van der Waals surface area contributed by atoms with Crippen LogP contribution in [-0.4, -0.2) is 60.8 Å². The summed E-state index contributed by atoms with van der Waals surface area (Å²) in [6.07, 6.45) is 18.2. The second-order valence-corrected chi connectivity index (χ2v) is 13.7. The lowest BCUT2D eigenvalue weighted by Crippen LogP contribution is -2.34. The summed E-state index contributed by atoms with van der Waals surface area (Å²) in [5, 5.41) is 9.01. The fourth-order valence-corrected chi connectivity index (χ4v) is 9.75. The van der Waals surface area contributed by atoms with Crippen LogP contribution in [-0.2, 0) is 14.3 Å². The van der Waals surface area contributed by atoms with Gasteiger partial charge in [0, 0.05) is 26.1 Å². The van der Waals surface area contributed by atoms with Gasteiger partial charge in [-0.05, 0) is 38.5 Å². The van der Waals surface area contributed by atoms with Crippen molar-refractivity contribution in [3.8, 4) is 0 Å². The quantitative estimate of drug-likeness (QED) is 0.241. The standard InChI is InChI=1S/C24H48NO4P/c1-4-7-18-30(19-8-5-2,20-9-6-3)21-10-11-22(25)12-14-24(15-13-23(26)27)28-16-17-29-24/h22H,4-21,25H2,1-3H3/p+1. The van der Waals surface area contributed by atoms with E-state index in [0.29, 0.717) is 26.1 Å². The minimum atomic E-state index is -0.847. The first-order valence-electron chi connectivity index (χ1n) is 12.5. The molecule has 3 N–H and O–H groups in total. The van der Waals surface area contributed by atoms with Crippen LogP contribution in [0.25, 0.3) is 0 Å². The molecule has 0 saturated carbocycles. The molecule has 1 saturated heterocycles. The van der Waals surface area contributed by atoms with Crippen molar-refractivity contribution in [1.29, 1.82) is 0 Å². The van der Waals surface area contributed by atoms with Gasteiger partial charge in [0.2, 0.25) is 0 Å². The molecule has 1 atom stereocenters. The predicted octanol–water partition coefficient (Wildman–Crippen LogP) is 5.90. The third kappa shape index (κ3) is 10.9. The van der Waals surface area contributed by atoms with Crippen LogP contribution in [0, 0.1) is 0 Å². The zero-order valence-corrected chi connectivity index (χ0v) is 20.9. The Morgan fingerprint density at radius 2 is 1.40 bits per heavy atom. The summed E-state index contributed by atoms with van der Waals surface area (Å²) in [4.78, 5) is 11.0. The molecule has 178 valence electrons. The smallest absolute Gasteiger partial charge is 0.303 e. The van der Waals surface area contributed by atoms with Gasteiger partial charge in [-0.2, -0.15) is 0 Å². The van der Waals surface area contributed by atoms with Crippen molar-refractivity contribution in [1.82, 2.24) is 0 Å². The molecule has 5 nitrogen and oxygen atoms in total. The number of unbranched alkanes of at least 4 members (excludes halogenated alkanes) is 3. The van der Waals surface area contributed by atoms with Crippen LogP contribution in [0.4, 0.5) is 0 Å². The lowest BCUT2D eigenvalue weighted by atomic mass is 9.99. The summed E-state index contributed by atoms with van der Waals surface area (Å²) in [5.74, 6) is -1.53. The van der Waals surface area contributed by atoms with E-state index in [1.54, 1.807) is 0 Å². The Kier molecular flexibility index (Phi) is 14.4. The highest BCUT2D eigenvalue weighted by Crippen LogP contribution is 2.61. The number of rotatable bonds is 19. The molecule has 1 heterocycles. The highest BCUT2D eigenvalue weighted by atomic mass is 31.2. The van der Waals surface area contributed by atoms with Crippen LogP contribution >= 0.6 is 7.26 Å². The van der Waals surface area contributed by atoms with E-state index in [2.05, 4.69) is 20.8 Å². The van der Waals surface area contributed by atoms with Crippen molar-refractivity contribution in [2.75, 3.05) is 37.9 Å². The normalized spacial score (nSPS) is 17.3. The van der Waals surface area contributed by atoms with E-state index in [4.69, 9.17) is 20.3 Å². The molecular weight excluding hydrogens is 397 g/mol. The molecule has 0 aromatic rings. The Morgan fingerprint density at radius 3 is 1.87 bits per heavy atom. The summed E-state index contributed by atoms with van der Waals surface area (Å²) in [6, 6.07) is 0.143. The molecule has 1 unspecified atom stereocenters. The molecular formula is C24H49NO4P+. The number of carboxylic acids is 1. The first-order valence-corrected chi connectivity index (χ1v) is 15.0. The molecule has 0 aromatic carbocycles. The summed E-state index contributed by atoms with van der Waals surface area (Å²) < 4.78 is 11.6. The fourth-order valence-electron chi connectivity index (χ4n) is 4.60. The highest BCUT2D eigenvalue weighted by molar-refractivity contribution is 7.75. The Labute approximate surface area is 186 Å². The Hall–Kier alpha value is -0.220. The second-order valence-electron chi connectivity index (χ2n) is 9.24. The topological polar surface area (TPSA) is 81.8 Å². The van der Waals surface area contributed by atoms with Crippen molar-refractivity contribution >= 4 is 13.2 Å². The summed E-state index contributed by atoms with van der Waals surface area (Å²) in [7, 11) is -0.847. The van der Waals surface area contributed by atoms with Crippen molar-refractivity contribution in [2.45, 2.75) is 110 Å². The molecule has 1 rings (SSSR count). The maximum Gasteiger partial charge on any atom is 0.303 e. The minimum absolute atomic E-state index is 0.0779. The lowest BCUT2D eigenvalue weighted by Gasteiger charge is -2.29. The average Bonchev–Trinajstić information content (AvgIpc) is 3.21. The molecule has 1 aliphatic rings.